The second kappa shape index (κ2) is 7.11. The van der Waals surface area contributed by atoms with Crippen molar-refractivity contribution in [3.8, 4) is 0 Å². The predicted molar refractivity (Wildman–Crippen MR) is 95.5 cm³/mol. The van der Waals surface area contributed by atoms with Gasteiger partial charge in [0.2, 0.25) is 5.91 Å². The molecule has 25 heavy (non-hydrogen) atoms. The molecule has 3 rings (SSSR count). The van der Waals surface area contributed by atoms with Gasteiger partial charge in [0.15, 0.2) is 0 Å². The van der Waals surface area contributed by atoms with E-state index in [1.165, 1.54) is 0 Å². The summed E-state index contributed by atoms with van der Waals surface area (Å²) < 4.78 is 0. The zero-order valence-corrected chi connectivity index (χ0v) is 13.7. The average molecular weight is 334 g/mol. The van der Waals surface area contributed by atoms with Gasteiger partial charge in [0.25, 0.3) is 5.91 Å². The molecule has 0 aliphatic heterocycles. The highest BCUT2D eigenvalue weighted by atomic mass is 16.2. The Kier molecular flexibility index (Phi) is 4.72. The van der Waals surface area contributed by atoms with Crippen molar-refractivity contribution >= 4 is 22.7 Å². The van der Waals surface area contributed by atoms with Crippen LogP contribution in [0.3, 0.4) is 0 Å². The minimum atomic E-state index is -0.820. The number of para-hydroxylation sites is 1. The van der Waals surface area contributed by atoms with E-state index in [0.29, 0.717) is 11.1 Å². The van der Waals surface area contributed by atoms with Crippen LogP contribution in [-0.2, 0) is 4.79 Å². The molecule has 0 aliphatic carbocycles. The summed E-state index contributed by atoms with van der Waals surface area (Å²) in [6.45, 7) is 1.83. The SMILES string of the molecule is Cc1cc(C(=O)NNC(C(N)=O)c2ccccc2)c2ccccc2n1. The van der Waals surface area contributed by atoms with Crippen LogP contribution in [-0.4, -0.2) is 16.8 Å². The lowest BCUT2D eigenvalue weighted by Crippen LogP contribution is -2.45. The Hall–Kier alpha value is -3.25. The zero-order chi connectivity index (χ0) is 17.8. The minimum Gasteiger partial charge on any atom is -0.368 e. The van der Waals surface area contributed by atoms with E-state index < -0.39 is 11.9 Å². The summed E-state index contributed by atoms with van der Waals surface area (Å²) in [7, 11) is 0. The number of carbonyl (C=O) groups excluding carboxylic acids is 2. The molecule has 0 bridgehead atoms. The fourth-order valence-corrected chi connectivity index (χ4v) is 2.66. The molecule has 1 aromatic heterocycles. The van der Waals surface area contributed by atoms with Crippen LogP contribution in [0.1, 0.15) is 27.7 Å². The summed E-state index contributed by atoms with van der Waals surface area (Å²) in [4.78, 5) is 28.7. The Morgan fingerprint density at radius 3 is 2.44 bits per heavy atom. The van der Waals surface area contributed by atoms with Crippen LogP contribution in [0.4, 0.5) is 0 Å². The Morgan fingerprint density at radius 1 is 1.04 bits per heavy atom. The molecule has 6 heteroatoms. The maximum Gasteiger partial charge on any atom is 0.266 e. The van der Waals surface area contributed by atoms with E-state index in [-0.39, 0.29) is 5.91 Å². The molecular weight excluding hydrogens is 316 g/mol. The van der Waals surface area contributed by atoms with Crippen LogP contribution in [0.2, 0.25) is 0 Å². The van der Waals surface area contributed by atoms with E-state index in [2.05, 4.69) is 15.8 Å². The number of amides is 2. The molecule has 3 aromatic rings. The quantitative estimate of drug-likeness (QED) is 0.622. The van der Waals surface area contributed by atoms with Gasteiger partial charge in [0.1, 0.15) is 6.04 Å². The van der Waals surface area contributed by atoms with Crippen LogP contribution in [0, 0.1) is 6.92 Å². The van der Waals surface area contributed by atoms with Crippen molar-refractivity contribution in [3.05, 3.63) is 77.5 Å². The molecule has 1 heterocycles. The lowest BCUT2D eigenvalue weighted by Gasteiger charge is -2.17. The van der Waals surface area contributed by atoms with Crippen molar-refractivity contribution in [2.45, 2.75) is 13.0 Å². The standard InChI is InChI=1S/C19H18N4O2/c1-12-11-15(14-9-5-6-10-16(14)21-12)19(25)23-22-17(18(20)24)13-7-3-2-4-8-13/h2-11,17,22H,1H3,(H2,20,24)(H,23,25). The minimum absolute atomic E-state index is 0.358. The summed E-state index contributed by atoms with van der Waals surface area (Å²) >= 11 is 0. The number of nitrogens with zero attached hydrogens (tertiary/aromatic N) is 1. The van der Waals surface area contributed by atoms with E-state index in [9.17, 15) is 9.59 Å². The molecular formula is C19H18N4O2. The summed E-state index contributed by atoms with van der Waals surface area (Å²) in [5, 5.41) is 0.739. The number of pyridine rings is 1. The molecule has 126 valence electrons. The van der Waals surface area contributed by atoms with Gasteiger partial charge in [-0.2, -0.15) is 0 Å². The van der Waals surface area contributed by atoms with Crippen LogP contribution >= 0.6 is 0 Å². The summed E-state index contributed by atoms with van der Waals surface area (Å²) in [6, 6.07) is 17.3. The van der Waals surface area contributed by atoms with Gasteiger partial charge in [-0.15, -0.1) is 0 Å². The van der Waals surface area contributed by atoms with Crippen LogP contribution in [0.25, 0.3) is 10.9 Å². The molecule has 0 aliphatic rings. The van der Waals surface area contributed by atoms with Crippen LogP contribution in [0.5, 0.6) is 0 Å². The molecule has 1 unspecified atom stereocenters. The van der Waals surface area contributed by atoms with E-state index in [1.54, 1.807) is 30.3 Å². The van der Waals surface area contributed by atoms with Crippen molar-refractivity contribution in [3.63, 3.8) is 0 Å². The molecule has 4 N–H and O–H groups in total. The second-order valence-electron chi connectivity index (χ2n) is 5.67. The number of carbonyl (C=O) groups is 2. The number of benzene rings is 2. The van der Waals surface area contributed by atoms with Gasteiger partial charge in [-0.1, -0.05) is 48.5 Å². The van der Waals surface area contributed by atoms with Crippen molar-refractivity contribution in [2.75, 3.05) is 0 Å². The Balaban J connectivity index is 1.84. The van der Waals surface area contributed by atoms with E-state index in [0.717, 1.165) is 16.6 Å². The van der Waals surface area contributed by atoms with Crippen LogP contribution in [0.15, 0.2) is 60.7 Å². The molecule has 6 nitrogen and oxygen atoms in total. The first-order valence-corrected chi connectivity index (χ1v) is 7.83. The van der Waals surface area contributed by atoms with Crippen molar-refractivity contribution < 1.29 is 9.59 Å². The maximum atomic E-state index is 12.6. The van der Waals surface area contributed by atoms with E-state index in [1.807, 2.05) is 37.3 Å². The third-order valence-electron chi connectivity index (χ3n) is 3.84. The molecule has 0 radical (unpaired) electrons. The van der Waals surface area contributed by atoms with Gasteiger partial charge in [-0.05, 0) is 24.6 Å². The number of hydrazine groups is 1. The number of rotatable bonds is 5. The first-order valence-electron chi connectivity index (χ1n) is 7.83. The molecule has 2 amide bonds. The van der Waals surface area contributed by atoms with Crippen molar-refractivity contribution in [1.82, 2.24) is 15.8 Å². The fraction of sp³-hybridized carbons (Fsp3) is 0.105. The van der Waals surface area contributed by atoms with Gasteiger partial charge in [0.05, 0.1) is 11.1 Å². The van der Waals surface area contributed by atoms with E-state index in [4.69, 9.17) is 5.73 Å². The lowest BCUT2D eigenvalue weighted by atomic mass is 10.1. The third-order valence-corrected chi connectivity index (χ3v) is 3.84. The van der Waals surface area contributed by atoms with Crippen molar-refractivity contribution in [2.24, 2.45) is 5.73 Å². The summed E-state index contributed by atoms with van der Waals surface area (Å²) in [5.41, 5.74) is 13.4. The monoisotopic (exact) mass is 334 g/mol. The summed E-state index contributed by atoms with van der Waals surface area (Å²) in [5.74, 6) is -0.939. The third kappa shape index (κ3) is 3.64. The second-order valence-corrected chi connectivity index (χ2v) is 5.67. The van der Waals surface area contributed by atoms with Gasteiger partial charge < -0.3 is 5.73 Å². The summed E-state index contributed by atoms with van der Waals surface area (Å²) in [6.07, 6.45) is 0. The number of primary amides is 1. The first-order chi connectivity index (χ1) is 12.1. The Labute approximate surface area is 145 Å². The molecule has 0 fully saturated rings. The smallest absolute Gasteiger partial charge is 0.266 e. The van der Waals surface area contributed by atoms with Crippen molar-refractivity contribution in [1.29, 1.82) is 0 Å². The fourth-order valence-electron chi connectivity index (χ4n) is 2.66. The number of nitrogens with one attached hydrogen (secondary N) is 2. The average Bonchev–Trinajstić information content (AvgIpc) is 2.61. The highest BCUT2D eigenvalue weighted by Gasteiger charge is 2.19. The first kappa shape index (κ1) is 16.6. The number of nitrogens with two attached hydrogens (primary N) is 1. The number of aromatic nitrogens is 1. The lowest BCUT2D eigenvalue weighted by molar-refractivity contribution is -0.120. The van der Waals surface area contributed by atoms with Gasteiger partial charge in [-0.3, -0.25) is 20.0 Å². The number of hydrogen-bond acceptors (Lipinski definition) is 4. The highest BCUT2D eigenvalue weighted by molar-refractivity contribution is 6.06. The normalized spacial score (nSPS) is 11.9. The molecule has 2 aromatic carbocycles. The molecule has 0 saturated carbocycles. The molecule has 0 saturated heterocycles. The topological polar surface area (TPSA) is 97.1 Å². The van der Waals surface area contributed by atoms with E-state index >= 15 is 0 Å². The molecule has 0 spiro atoms. The van der Waals surface area contributed by atoms with Gasteiger partial charge >= 0.3 is 0 Å². The Bertz CT molecular complexity index is 925. The predicted octanol–water partition coefficient (Wildman–Crippen LogP) is 2.00. The zero-order valence-electron chi connectivity index (χ0n) is 13.7. The molecule has 1 atom stereocenters. The number of hydrogen-bond donors (Lipinski definition) is 3. The Morgan fingerprint density at radius 2 is 1.72 bits per heavy atom. The van der Waals surface area contributed by atoms with Gasteiger partial charge in [0, 0.05) is 11.1 Å². The highest BCUT2D eigenvalue weighted by Crippen LogP contribution is 2.18. The van der Waals surface area contributed by atoms with Crippen LogP contribution < -0.4 is 16.6 Å². The van der Waals surface area contributed by atoms with Gasteiger partial charge in [-0.25, -0.2) is 5.43 Å². The number of fused-ring (bicyclic) bond motifs is 1. The maximum absolute atomic E-state index is 12.6. The largest absolute Gasteiger partial charge is 0.368 e. The number of aryl methyl sites for hydroxylation is 1.